The van der Waals surface area contributed by atoms with Crippen LogP contribution in [-0.4, -0.2) is 32.5 Å². The summed E-state index contributed by atoms with van der Waals surface area (Å²) in [5.74, 6) is 0.146. The predicted octanol–water partition coefficient (Wildman–Crippen LogP) is 5.36. The van der Waals surface area contributed by atoms with Crippen LogP contribution in [0.15, 0.2) is 12.2 Å². The van der Waals surface area contributed by atoms with E-state index in [9.17, 15) is 13.5 Å². The molecule has 0 aromatic rings. The highest BCUT2D eigenvalue weighted by atomic mass is 32.2. The van der Waals surface area contributed by atoms with Gasteiger partial charge < -0.3 is 5.11 Å². The molecule has 0 rings (SSSR count). The smallest absolute Gasteiger partial charge is 0.267 e. The van der Waals surface area contributed by atoms with Gasteiger partial charge in [0.15, 0.2) is 0 Å². The van der Waals surface area contributed by atoms with Crippen molar-refractivity contribution in [2.45, 2.75) is 103 Å². The maximum Gasteiger partial charge on any atom is 0.267 e. The number of hydrogen-bond acceptors (Lipinski definition) is 4. The number of aliphatic hydroxyl groups is 1. The molecule has 0 fully saturated rings. The Morgan fingerprint density at radius 1 is 0.880 bits per heavy atom. The van der Waals surface area contributed by atoms with Crippen LogP contribution in [0.4, 0.5) is 0 Å². The first kappa shape index (κ1) is 24.6. The lowest BCUT2D eigenvalue weighted by atomic mass is 10.1. The molecule has 0 aliphatic rings. The van der Waals surface area contributed by atoms with Crippen LogP contribution in [-0.2, 0) is 14.3 Å². The monoisotopic (exact) mass is 376 g/mol. The van der Waals surface area contributed by atoms with Crippen LogP contribution in [0.1, 0.15) is 96.8 Å². The average Bonchev–Trinajstić information content (AvgIpc) is 2.60. The van der Waals surface area contributed by atoms with Gasteiger partial charge in [-0.25, -0.2) is 0 Å². The summed E-state index contributed by atoms with van der Waals surface area (Å²) in [6.07, 6.45) is 19.6. The molecule has 0 aromatic heterocycles. The summed E-state index contributed by atoms with van der Waals surface area (Å²) in [5.41, 5.74) is 0. The molecular weight excluding hydrogens is 336 g/mol. The van der Waals surface area contributed by atoms with Crippen molar-refractivity contribution in [3.05, 3.63) is 12.2 Å². The highest BCUT2D eigenvalue weighted by molar-refractivity contribution is 7.86. The van der Waals surface area contributed by atoms with Gasteiger partial charge in [0.1, 0.15) is 0 Å². The Morgan fingerprint density at radius 3 is 1.92 bits per heavy atom. The Bertz CT molecular complexity index is 404. The van der Waals surface area contributed by atoms with E-state index in [-0.39, 0.29) is 11.9 Å². The summed E-state index contributed by atoms with van der Waals surface area (Å²) < 4.78 is 26.7. The Labute approximate surface area is 156 Å². The van der Waals surface area contributed by atoms with Crippen molar-refractivity contribution in [1.82, 2.24) is 0 Å². The highest BCUT2D eigenvalue weighted by Gasteiger charge is 2.06. The van der Waals surface area contributed by atoms with Gasteiger partial charge in [0.2, 0.25) is 0 Å². The first-order chi connectivity index (χ1) is 12.0. The zero-order valence-electron chi connectivity index (χ0n) is 16.4. The fourth-order valence-electron chi connectivity index (χ4n) is 2.80. The second-order valence-electron chi connectivity index (χ2n) is 6.89. The minimum Gasteiger partial charge on any atom is -0.389 e. The summed E-state index contributed by atoms with van der Waals surface area (Å²) in [6.45, 7) is 2.14. The fraction of sp³-hybridized carbons (Fsp3) is 0.900. The maximum atomic E-state index is 11.1. The third-order valence-corrected chi connectivity index (χ3v) is 5.78. The molecule has 25 heavy (non-hydrogen) atoms. The van der Waals surface area contributed by atoms with E-state index in [1.807, 2.05) is 6.08 Å². The average molecular weight is 377 g/mol. The molecule has 0 saturated carbocycles. The van der Waals surface area contributed by atoms with Gasteiger partial charge in [0.25, 0.3) is 10.1 Å². The first-order valence-corrected chi connectivity index (χ1v) is 11.7. The molecule has 4 nitrogen and oxygen atoms in total. The quantitative estimate of drug-likeness (QED) is 0.199. The van der Waals surface area contributed by atoms with Crippen LogP contribution >= 0.6 is 0 Å². The molecule has 0 unspecified atom stereocenters. The second-order valence-corrected chi connectivity index (χ2v) is 8.75. The van der Waals surface area contributed by atoms with E-state index in [0.717, 1.165) is 38.5 Å². The van der Waals surface area contributed by atoms with Crippen LogP contribution in [0.5, 0.6) is 0 Å². The lowest BCUT2D eigenvalue weighted by Gasteiger charge is -2.04. The minimum atomic E-state index is -3.26. The highest BCUT2D eigenvalue weighted by Crippen LogP contribution is 2.12. The minimum absolute atomic E-state index is 0.146. The van der Waals surface area contributed by atoms with Gasteiger partial charge in [-0.3, -0.25) is 4.18 Å². The molecule has 0 aromatic carbocycles. The SMILES string of the molecule is CCCC[C@@H](O)C=CCCCCCCCCCCCCS(=O)(=O)OC. The van der Waals surface area contributed by atoms with Crippen molar-refractivity contribution in [1.29, 1.82) is 0 Å². The molecule has 0 heterocycles. The number of rotatable bonds is 18. The van der Waals surface area contributed by atoms with Gasteiger partial charge in [-0.1, -0.05) is 83.3 Å². The largest absolute Gasteiger partial charge is 0.389 e. The Hall–Kier alpha value is -0.390. The molecule has 1 atom stereocenters. The molecule has 0 amide bonds. The van der Waals surface area contributed by atoms with Crippen LogP contribution in [0, 0.1) is 0 Å². The second kappa shape index (κ2) is 17.0. The van der Waals surface area contributed by atoms with Crippen molar-refractivity contribution in [2.24, 2.45) is 0 Å². The van der Waals surface area contributed by atoms with E-state index in [1.54, 1.807) is 0 Å². The summed E-state index contributed by atoms with van der Waals surface area (Å²) in [5, 5.41) is 9.69. The maximum absolute atomic E-state index is 11.1. The summed E-state index contributed by atoms with van der Waals surface area (Å²) in [4.78, 5) is 0. The van der Waals surface area contributed by atoms with Crippen LogP contribution in [0.3, 0.4) is 0 Å². The van der Waals surface area contributed by atoms with Gasteiger partial charge in [0.05, 0.1) is 19.0 Å². The number of allylic oxidation sites excluding steroid dienone is 1. The van der Waals surface area contributed by atoms with E-state index < -0.39 is 10.1 Å². The van der Waals surface area contributed by atoms with E-state index >= 15 is 0 Å². The van der Waals surface area contributed by atoms with E-state index in [1.165, 1.54) is 52.1 Å². The lowest BCUT2D eigenvalue weighted by Crippen LogP contribution is -2.07. The standard InChI is InChI=1S/C20H40O4S/c1-3-4-17-20(21)18-15-13-11-9-7-5-6-8-10-12-14-16-19-25(22,23)24-2/h15,18,20-21H,3-14,16-17,19H2,1-2H3/t20-/m1/s1. The summed E-state index contributed by atoms with van der Waals surface area (Å²) in [7, 11) is -2.04. The van der Waals surface area contributed by atoms with Crippen LogP contribution in [0.2, 0.25) is 0 Å². The Balaban J connectivity index is 3.25. The molecule has 5 heteroatoms. The predicted molar refractivity (Wildman–Crippen MR) is 106 cm³/mol. The fourth-order valence-corrected chi connectivity index (χ4v) is 3.53. The first-order valence-electron chi connectivity index (χ1n) is 10.1. The zero-order chi connectivity index (χ0) is 18.8. The van der Waals surface area contributed by atoms with E-state index in [4.69, 9.17) is 0 Å². The summed E-state index contributed by atoms with van der Waals surface area (Å²) >= 11 is 0. The van der Waals surface area contributed by atoms with Gasteiger partial charge in [-0.05, 0) is 25.7 Å². The molecule has 1 N–H and O–H groups in total. The third kappa shape index (κ3) is 18.2. The molecule has 150 valence electrons. The van der Waals surface area contributed by atoms with Gasteiger partial charge in [0, 0.05) is 0 Å². The topological polar surface area (TPSA) is 63.6 Å². The summed E-state index contributed by atoms with van der Waals surface area (Å²) in [6, 6.07) is 0. The van der Waals surface area contributed by atoms with Crippen molar-refractivity contribution >= 4 is 10.1 Å². The van der Waals surface area contributed by atoms with Gasteiger partial charge in [-0.2, -0.15) is 8.42 Å². The molecule has 0 bridgehead atoms. The van der Waals surface area contributed by atoms with Crippen LogP contribution in [0.25, 0.3) is 0 Å². The van der Waals surface area contributed by atoms with Crippen LogP contribution < -0.4 is 0 Å². The third-order valence-electron chi connectivity index (χ3n) is 4.48. The lowest BCUT2D eigenvalue weighted by molar-refractivity contribution is 0.209. The molecular formula is C20H40O4S. The molecule has 0 saturated heterocycles. The van der Waals surface area contributed by atoms with Gasteiger partial charge in [-0.15, -0.1) is 0 Å². The number of aliphatic hydroxyl groups excluding tert-OH is 1. The number of unbranched alkanes of at least 4 members (excludes halogenated alkanes) is 11. The normalized spacial score (nSPS) is 13.6. The molecule has 0 spiro atoms. The van der Waals surface area contributed by atoms with E-state index in [0.29, 0.717) is 6.42 Å². The zero-order valence-corrected chi connectivity index (χ0v) is 17.2. The molecule has 0 aliphatic carbocycles. The van der Waals surface area contributed by atoms with E-state index in [2.05, 4.69) is 17.2 Å². The molecule has 0 radical (unpaired) electrons. The molecule has 0 aliphatic heterocycles. The van der Waals surface area contributed by atoms with Crippen molar-refractivity contribution in [2.75, 3.05) is 12.9 Å². The number of hydrogen-bond donors (Lipinski definition) is 1. The van der Waals surface area contributed by atoms with Crippen molar-refractivity contribution < 1.29 is 17.7 Å². The Kier molecular flexibility index (Phi) is 16.8. The Morgan fingerprint density at radius 2 is 1.40 bits per heavy atom. The van der Waals surface area contributed by atoms with Gasteiger partial charge >= 0.3 is 0 Å². The van der Waals surface area contributed by atoms with Crippen molar-refractivity contribution in [3.63, 3.8) is 0 Å². The van der Waals surface area contributed by atoms with Crippen molar-refractivity contribution in [3.8, 4) is 0 Å².